The maximum atomic E-state index is 11.5. The van der Waals surface area contributed by atoms with Crippen LogP contribution >= 0.6 is 24.0 Å². The quantitative estimate of drug-likeness (QED) is 0.231. The Morgan fingerprint density at radius 1 is 1.13 bits per heavy atom. The summed E-state index contributed by atoms with van der Waals surface area (Å²) in [6.45, 7) is 8.80. The molecule has 0 spiro atoms. The minimum absolute atomic E-state index is 0. The third-order valence-corrected chi connectivity index (χ3v) is 2.90. The maximum Gasteiger partial charge on any atom is 0.407 e. The summed E-state index contributed by atoms with van der Waals surface area (Å²) >= 11 is 0. The summed E-state index contributed by atoms with van der Waals surface area (Å²) in [6.07, 6.45) is 2.20. The predicted molar refractivity (Wildman–Crippen MR) is 103 cm³/mol. The number of guanidine groups is 1. The average molecular weight is 442 g/mol. The minimum atomic E-state index is -0.477. The standard InChI is InChI=1S/C15H30N4O3.HI/c1-15(2,3)22-14(20)19-8-7-17-13(16-4)18-9-10-21-11-12-5-6-12;/h12H,5-11H2,1-4H3,(H,19,20)(H2,16,17,18);1H. The van der Waals surface area contributed by atoms with Crippen LogP contribution in [0.5, 0.6) is 0 Å². The van der Waals surface area contributed by atoms with Gasteiger partial charge in [-0.3, -0.25) is 4.99 Å². The summed E-state index contributed by atoms with van der Waals surface area (Å²) in [5, 5.41) is 8.96. The van der Waals surface area contributed by atoms with Crippen LogP contribution < -0.4 is 16.0 Å². The SMILES string of the molecule is CN=C(NCCNC(=O)OC(C)(C)C)NCCOCC1CC1.I. The Balaban J connectivity index is 0.00000484. The molecule has 0 aromatic heterocycles. The molecule has 0 aromatic carbocycles. The fraction of sp³-hybridized carbons (Fsp3) is 0.867. The Kier molecular flexibility index (Phi) is 11.3. The van der Waals surface area contributed by atoms with Gasteiger partial charge in [0.1, 0.15) is 5.60 Å². The molecule has 0 bridgehead atoms. The van der Waals surface area contributed by atoms with Gasteiger partial charge in [-0.1, -0.05) is 0 Å². The van der Waals surface area contributed by atoms with E-state index in [-0.39, 0.29) is 24.0 Å². The Hall–Kier alpha value is -0.770. The number of rotatable bonds is 8. The first kappa shape index (κ1) is 22.2. The summed E-state index contributed by atoms with van der Waals surface area (Å²) in [4.78, 5) is 15.6. The fourth-order valence-corrected chi connectivity index (χ4v) is 1.66. The summed E-state index contributed by atoms with van der Waals surface area (Å²) < 4.78 is 10.7. The first-order valence-corrected chi connectivity index (χ1v) is 7.90. The topological polar surface area (TPSA) is 84.0 Å². The van der Waals surface area contributed by atoms with Gasteiger partial charge in [0.05, 0.1) is 6.61 Å². The van der Waals surface area contributed by atoms with E-state index in [0.717, 1.165) is 12.5 Å². The molecule has 0 saturated heterocycles. The molecule has 7 nitrogen and oxygen atoms in total. The highest BCUT2D eigenvalue weighted by Gasteiger charge is 2.20. The molecule has 1 aliphatic rings. The molecule has 1 aliphatic carbocycles. The number of carbonyl (C=O) groups is 1. The van der Waals surface area contributed by atoms with Crippen LogP contribution in [0.2, 0.25) is 0 Å². The number of amides is 1. The molecule has 1 rings (SSSR count). The van der Waals surface area contributed by atoms with Crippen molar-refractivity contribution in [2.75, 3.05) is 39.9 Å². The van der Waals surface area contributed by atoms with Crippen molar-refractivity contribution in [3.8, 4) is 0 Å². The summed E-state index contributed by atoms with van der Waals surface area (Å²) in [5.41, 5.74) is -0.477. The lowest BCUT2D eigenvalue weighted by Crippen LogP contribution is -2.43. The van der Waals surface area contributed by atoms with Crippen LogP contribution in [0.25, 0.3) is 0 Å². The lowest BCUT2D eigenvalue weighted by molar-refractivity contribution is 0.0529. The minimum Gasteiger partial charge on any atom is -0.444 e. The smallest absolute Gasteiger partial charge is 0.407 e. The van der Waals surface area contributed by atoms with Crippen molar-refractivity contribution in [1.82, 2.24) is 16.0 Å². The summed E-state index contributed by atoms with van der Waals surface area (Å²) in [5.74, 6) is 1.48. The number of nitrogens with one attached hydrogen (secondary N) is 3. The zero-order valence-corrected chi connectivity index (χ0v) is 16.9. The molecule has 1 saturated carbocycles. The van der Waals surface area contributed by atoms with Gasteiger partial charge in [0, 0.05) is 33.3 Å². The second-order valence-corrected chi connectivity index (χ2v) is 6.37. The molecule has 8 heteroatoms. The molecule has 0 aromatic rings. The van der Waals surface area contributed by atoms with E-state index >= 15 is 0 Å². The highest BCUT2D eigenvalue weighted by Crippen LogP contribution is 2.28. The largest absolute Gasteiger partial charge is 0.444 e. The molecule has 1 amide bonds. The Bertz CT molecular complexity index is 368. The molecule has 136 valence electrons. The van der Waals surface area contributed by atoms with Gasteiger partial charge in [-0.2, -0.15) is 0 Å². The third-order valence-electron chi connectivity index (χ3n) is 2.90. The highest BCUT2D eigenvalue weighted by atomic mass is 127. The molecule has 0 unspecified atom stereocenters. The Labute approximate surface area is 156 Å². The van der Waals surface area contributed by atoms with E-state index in [1.165, 1.54) is 12.8 Å². The molecular weight excluding hydrogens is 411 g/mol. The number of hydrogen-bond acceptors (Lipinski definition) is 4. The van der Waals surface area contributed by atoms with Crippen LogP contribution in [0.4, 0.5) is 4.79 Å². The van der Waals surface area contributed by atoms with Crippen LogP contribution in [0.3, 0.4) is 0 Å². The van der Waals surface area contributed by atoms with Crippen molar-refractivity contribution in [3.63, 3.8) is 0 Å². The molecule has 0 aliphatic heterocycles. The molecule has 0 atom stereocenters. The van der Waals surface area contributed by atoms with Gasteiger partial charge in [0.25, 0.3) is 0 Å². The first-order chi connectivity index (χ1) is 10.4. The molecular formula is C15H31IN4O3. The monoisotopic (exact) mass is 442 g/mol. The molecule has 23 heavy (non-hydrogen) atoms. The highest BCUT2D eigenvalue weighted by molar-refractivity contribution is 14.0. The van der Waals surface area contributed by atoms with Crippen molar-refractivity contribution >= 4 is 36.0 Å². The lowest BCUT2D eigenvalue weighted by Gasteiger charge is -2.19. The van der Waals surface area contributed by atoms with Crippen molar-refractivity contribution < 1.29 is 14.3 Å². The zero-order chi connectivity index (χ0) is 16.4. The number of ether oxygens (including phenoxy) is 2. The second-order valence-electron chi connectivity index (χ2n) is 6.37. The number of hydrogen-bond donors (Lipinski definition) is 3. The Morgan fingerprint density at radius 3 is 2.30 bits per heavy atom. The van der Waals surface area contributed by atoms with E-state index in [9.17, 15) is 4.79 Å². The number of aliphatic imine (C=N–C) groups is 1. The van der Waals surface area contributed by atoms with Gasteiger partial charge in [-0.05, 0) is 39.5 Å². The van der Waals surface area contributed by atoms with E-state index in [0.29, 0.717) is 32.2 Å². The normalized spacial score (nSPS) is 14.7. The van der Waals surface area contributed by atoms with Gasteiger partial charge in [-0.25, -0.2) is 4.79 Å². The van der Waals surface area contributed by atoms with Gasteiger partial charge in [0.2, 0.25) is 0 Å². The van der Waals surface area contributed by atoms with Crippen molar-refractivity contribution in [1.29, 1.82) is 0 Å². The van der Waals surface area contributed by atoms with E-state index in [1.807, 2.05) is 20.8 Å². The second kappa shape index (κ2) is 11.7. The number of halogens is 1. The van der Waals surface area contributed by atoms with Gasteiger partial charge in [0.15, 0.2) is 5.96 Å². The van der Waals surface area contributed by atoms with Gasteiger partial charge >= 0.3 is 6.09 Å². The van der Waals surface area contributed by atoms with E-state index in [2.05, 4.69) is 20.9 Å². The van der Waals surface area contributed by atoms with Crippen LogP contribution in [-0.2, 0) is 9.47 Å². The van der Waals surface area contributed by atoms with Crippen LogP contribution in [0.15, 0.2) is 4.99 Å². The summed E-state index contributed by atoms with van der Waals surface area (Å²) in [6, 6.07) is 0. The average Bonchev–Trinajstić information content (AvgIpc) is 3.23. The van der Waals surface area contributed by atoms with Gasteiger partial charge in [-0.15, -0.1) is 24.0 Å². The predicted octanol–water partition coefficient (Wildman–Crippen LogP) is 1.72. The number of nitrogens with zero attached hydrogens (tertiary/aromatic N) is 1. The van der Waals surface area contributed by atoms with E-state index in [4.69, 9.17) is 9.47 Å². The first-order valence-electron chi connectivity index (χ1n) is 7.90. The van der Waals surface area contributed by atoms with E-state index in [1.54, 1.807) is 7.05 Å². The van der Waals surface area contributed by atoms with Crippen LogP contribution in [-0.4, -0.2) is 57.5 Å². The summed E-state index contributed by atoms with van der Waals surface area (Å²) in [7, 11) is 1.71. The molecule has 1 fully saturated rings. The van der Waals surface area contributed by atoms with Crippen molar-refractivity contribution in [2.24, 2.45) is 10.9 Å². The number of alkyl carbamates (subject to hydrolysis) is 1. The Morgan fingerprint density at radius 2 is 1.74 bits per heavy atom. The molecule has 3 N–H and O–H groups in total. The third kappa shape index (κ3) is 13.4. The molecule has 0 heterocycles. The number of carbonyl (C=O) groups excluding carboxylic acids is 1. The maximum absolute atomic E-state index is 11.5. The zero-order valence-electron chi connectivity index (χ0n) is 14.6. The van der Waals surface area contributed by atoms with Gasteiger partial charge < -0.3 is 25.4 Å². The van der Waals surface area contributed by atoms with Crippen LogP contribution in [0, 0.1) is 5.92 Å². The van der Waals surface area contributed by atoms with Crippen molar-refractivity contribution in [3.05, 3.63) is 0 Å². The van der Waals surface area contributed by atoms with Crippen LogP contribution in [0.1, 0.15) is 33.6 Å². The fourth-order valence-electron chi connectivity index (χ4n) is 1.66. The van der Waals surface area contributed by atoms with Crippen molar-refractivity contribution in [2.45, 2.75) is 39.2 Å². The lowest BCUT2D eigenvalue weighted by atomic mass is 10.2. The van der Waals surface area contributed by atoms with E-state index < -0.39 is 11.7 Å². The molecule has 0 radical (unpaired) electrons.